The molecule has 3 amide bonds. The highest BCUT2D eigenvalue weighted by Crippen LogP contribution is 2.34. The molecule has 1 unspecified atom stereocenters. The van der Waals surface area contributed by atoms with Crippen molar-refractivity contribution in [3.8, 4) is 6.07 Å². The lowest BCUT2D eigenvalue weighted by Gasteiger charge is -2.41. The molecule has 0 spiro atoms. The van der Waals surface area contributed by atoms with Gasteiger partial charge >= 0.3 is 18.2 Å². The van der Waals surface area contributed by atoms with Gasteiger partial charge in [0, 0.05) is 45.3 Å². The molecule has 49 heavy (non-hydrogen) atoms. The topological polar surface area (TPSA) is 179 Å². The molecule has 266 valence electrons. The Balaban J connectivity index is 1.22. The molecule has 13 nitrogen and oxygen atoms in total. The number of urea groups is 1. The van der Waals surface area contributed by atoms with Gasteiger partial charge in [0.15, 0.2) is 0 Å². The summed E-state index contributed by atoms with van der Waals surface area (Å²) in [5, 5.41) is 17.4. The zero-order valence-electron chi connectivity index (χ0n) is 27.6. The summed E-state index contributed by atoms with van der Waals surface area (Å²) in [6.45, 7) is 2.65. The van der Waals surface area contributed by atoms with E-state index in [0.29, 0.717) is 76.9 Å². The molecule has 0 aliphatic carbocycles. The third-order valence-electron chi connectivity index (χ3n) is 8.87. The number of anilines is 2. The number of amides is 3. The molecule has 2 atom stereocenters. The number of hydrogen-bond acceptors (Lipinski definition) is 10. The fourth-order valence-electron chi connectivity index (χ4n) is 5.85. The van der Waals surface area contributed by atoms with Crippen LogP contribution < -0.4 is 31.5 Å². The highest BCUT2D eigenvalue weighted by Gasteiger charge is 2.40. The number of methoxy groups -OCH3 is 1. The van der Waals surface area contributed by atoms with Crippen LogP contribution in [-0.2, 0) is 26.9 Å². The summed E-state index contributed by atoms with van der Waals surface area (Å²) in [4.78, 5) is 47.5. The molecule has 1 aromatic carbocycles. The van der Waals surface area contributed by atoms with Gasteiger partial charge in [-0.2, -0.15) is 18.4 Å². The van der Waals surface area contributed by atoms with Crippen LogP contribution in [0.1, 0.15) is 61.9 Å². The van der Waals surface area contributed by atoms with Crippen LogP contribution in [0.15, 0.2) is 30.3 Å². The predicted molar refractivity (Wildman–Crippen MR) is 175 cm³/mol. The molecule has 2 aliphatic heterocycles. The minimum Gasteiger partial charge on any atom is -0.468 e. The minimum absolute atomic E-state index is 0.0689. The number of rotatable bonds is 15. The molecule has 0 radical (unpaired) electrons. The van der Waals surface area contributed by atoms with Gasteiger partial charge in [-0.25, -0.2) is 14.8 Å². The number of aromatic nitrogens is 2. The van der Waals surface area contributed by atoms with Crippen LogP contribution in [0, 0.1) is 17.2 Å². The SMILES string of the molecule is COC(=O)C(N)CCCCNC(=O)NCCC1CCN(c2cc(N3CC[C@H]3C(=O)NCCc3ccc(C#N)cc3)nc(C(F)(F)F)n2)CC1. The third kappa shape index (κ3) is 10.9. The fraction of sp³-hybridized carbons (Fsp3) is 0.576. The number of unbranched alkanes of at least 4 members (excludes halogenated alkanes) is 1. The number of nitrogens with zero attached hydrogens (tertiary/aromatic N) is 5. The summed E-state index contributed by atoms with van der Waals surface area (Å²) in [5.74, 6) is -1.45. The molecule has 0 bridgehead atoms. The Morgan fingerprint density at radius 1 is 1.00 bits per heavy atom. The van der Waals surface area contributed by atoms with Gasteiger partial charge in [-0.1, -0.05) is 12.1 Å². The zero-order valence-corrected chi connectivity index (χ0v) is 27.6. The van der Waals surface area contributed by atoms with Crippen LogP contribution in [0.5, 0.6) is 0 Å². The average molecular weight is 688 g/mol. The van der Waals surface area contributed by atoms with Crippen LogP contribution in [0.2, 0.25) is 0 Å². The lowest BCUT2D eigenvalue weighted by molar-refractivity contribution is -0.145. The largest absolute Gasteiger partial charge is 0.468 e. The van der Waals surface area contributed by atoms with Crippen LogP contribution in [-0.4, -0.2) is 86.3 Å². The maximum atomic E-state index is 13.9. The first-order chi connectivity index (χ1) is 23.5. The number of hydrogen-bond donors (Lipinski definition) is 4. The van der Waals surface area contributed by atoms with Gasteiger partial charge in [-0.3, -0.25) is 9.59 Å². The van der Waals surface area contributed by atoms with E-state index in [1.807, 2.05) is 17.0 Å². The summed E-state index contributed by atoms with van der Waals surface area (Å²) in [6, 6.07) is 9.05. The summed E-state index contributed by atoms with van der Waals surface area (Å²) in [7, 11) is 1.29. The molecule has 2 aromatic rings. The molecular weight excluding hydrogens is 643 g/mol. The number of nitriles is 1. The van der Waals surface area contributed by atoms with Crippen molar-refractivity contribution in [1.29, 1.82) is 5.26 Å². The molecular formula is C33H44F3N9O4. The Labute approximate surface area is 283 Å². The van der Waals surface area contributed by atoms with Crippen molar-refractivity contribution in [3.05, 3.63) is 47.3 Å². The van der Waals surface area contributed by atoms with Crippen molar-refractivity contribution in [2.45, 2.75) is 69.6 Å². The van der Waals surface area contributed by atoms with Gasteiger partial charge in [0.25, 0.3) is 0 Å². The van der Waals surface area contributed by atoms with E-state index < -0.39 is 30.1 Å². The number of nitrogens with one attached hydrogen (secondary N) is 3. The molecule has 2 saturated heterocycles. The van der Waals surface area contributed by atoms with Crippen LogP contribution in [0.4, 0.5) is 29.6 Å². The van der Waals surface area contributed by atoms with Crippen molar-refractivity contribution in [1.82, 2.24) is 25.9 Å². The summed E-state index contributed by atoms with van der Waals surface area (Å²) < 4.78 is 46.2. The first-order valence-electron chi connectivity index (χ1n) is 16.6. The number of esters is 1. The molecule has 16 heteroatoms. The van der Waals surface area contributed by atoms with Gasteiger partial charge in [-0.05, 0) is 75.0 Å². The lowest BCUT2D eigenvalue weighted by atomic mass is 9.93. The highest BCUT2D eigenvalue weighted by molar-refractivity contribution is 5.86. The number of ether oxygens (including phenoxy) is 1. The Morgan fingerprint density at radius 3 is 2.33 bits per heavy atom. The number of halogens is 3. The molecule has 3 heterocycles. The minimum atomic E-state index is -4.76. The number of carbonyl (C=O) groups excluding carboxylic acids is 3. The Kier molecular flexibility index (Phi) is 13.4. The molecule has 2 fully saturated rings. The van der Waals surface area contributed by atoms with Crippen molar-refractivity contribution < 1.29 is 32.3 Å². The van der Waals surface area contributed by atoms with Crippen molar-refractivity contribution in [2.75, 3.05) is 56.2 Å². The first-order valence-corrected chi connectivity index (χ1v) is 16.6. The van der Waals surface area contributed by atoms with E-state index in [-0.39, 0.29) is 29.5 Å². The number of nitrogens with two attached hydrogens (primary N) is 1. The quantitative estimate of drug-likeness (QED) is 0.161. The maximum absolute atomic E-state index is 13.9. The van der Waals surface area contributed by atoms with Gasteiger partial charge in [0.2, 0.25) is 11.7 Å². The average Bonchev–Trinajstić information content (AvgIpc) is 3.07. The van der Waals surface area contributed by atoms with Crippen molar-refractivity contribution >= 4 is 29.5 Å². The van der Waals surface area contributed by atoms with E-state index >= 15 is 0 Å². The summed E-state index contributed by atoms with van der Waals surface area (Å²) in [5.41, 5.74) is 7.20. The maximum Gasteiger partial charge on any atom is 0.451 e. The van der Waals surface area contributed by atoms with E-state index in [0.717, 1.165) is 24.8 Å². The Hall–Kier alpha value is -4.65. The van der Waals surface area contributed by atoms with Crippen LogP contribution >= 0.6 is 0 Å². The molecule has 0 saturated carbocycles. The van der Waals surface area contributed by atoms with Crippen LogP contribution in [0.25, 0.3) is 0 Å². The van der Waals surface area contributed by atoms with Gasteiger partial charge in [0.1, 0.15) is 23.7 Å². The molecule has 2 aliphatic rings. The zero-order chi connectivity index (χ0) is 35.4. The van der Waals surface area contributed by atoms with E-state index in [1.165, 1.54) is 13.2 Å². The standard InChI is InChI=1S/C33H44F3N9O4/c1-49-30(47)25(38)4-2-3-14-40-32(48)41-16-10-23-11-17-44(18-12-23)27-20-28(43-31(42-27)33(34,35)36)45-19-13-26(45)29(46)39-15-9-22-5-7-24(21-37)8-6-22/h5-8,20,23,25-26H,2-4,9-19,38H2,1H3,(H,39,46)(H2,40,41,48)/t25?,26-/m0/s1. The van der Waals surface area contributed by atoms with E-state index in [1.54, 1.807) is 17.0 Å². The van der Waals surface area contributed by atoms with Crippen molar-refractivity contribution in [2.24, 2.45) is 11.7 Å². The number of piperidine rings is 1. The van der Waals surface area contributed by atoms with Gasteiger partial charge in [0.05, 0.1) is 18.7 Å². The van der Waals surface area contributed by atoms with E-state index in [9.17, 15) is 27.6 Å². The first kappa shape index (κ1) is 37.2. The Morgan fingerprint density at radius 2 is 1.69 bits per heavy atom. The molecule has 5 N–H and O–H groups in total. The summed E-state index contributed by atoms with van der Waals surface area (Å²) in [6.07, 6.45) is 0.275. The predicted octanol–water partition coefficient (Wildman–Crippen LogP) is 2.88. The van der Waals surface area contributed by atoms with Crippen LogP contribution in [0.3, 0.4) is 0 Å². The fourth-order valence-corrected chi connectivity index (χ4v) is 5.85. The molecule has 4 rings (SSSR count). The number of alkyl halides is 3. The normalized spacial score (nSPS) is 17.0. The van der Waals surface area contributed by atoms with E-state index in [2.05, 4.69) is 36.7 Å². The number of carbonyl (C=O) groups is 3. The second kappa shape index (κ2) is 17.7. The second-order valence-electron chi connectivity index (χ2n) is 12.3. The van der Waals surface area contributed by atoms with Gasteiger partial charge in [-0.15, -0.1) is 0 Å². The smallest absolute Gasteiger partial charge is 0.451 e. The van der Waals surface area contributed by atoms with Crippen molar-refractivity contribution in [3.63, 3.8) is 0 Å². The monoisotopic (exact) mass is 687 g/mol. The third-order valence-corrected chi connectivity index (χ3v) is 8.87. The van der Waals surface area contributed by atoms with E-state index in [4.69, 9.17) is 11.0 Å². The summed E-state index contributed by atoms with van der Waals surface area (Å²) >= 11 is 0. The number of benzene rings is 1. The second-order valence-corrected chi connectivity index (χ2v) is 12.3. The Bertz CT molecular complexity index is 1460. The highest BCUT2D eigenvalue weighted by atomic mass is 19.4. The lowest BCUT2D eigenvalue weighted by Crippen LogP contribution is -2.57. The molecule has 1 aromatic heterocycles. The van der Waals surface area contributed by atoms with Gasteiger partial charge < -0.3 is 36.2 Å².